The number of allylic oxidation sites excluding steroid dienone is 2. The summed E-state index contributed by atoms with van der Waals surface area (Å²) in [5.41, 5.74) is 1.01. The molecule has 0 aromatic heterocycles. The largest absolute Gasteiger partial charge is 0.296 e. The Morgan fingerprint density at radius 2 is 1.81 bits per heavy atom. The average Bonchev–Trinajstić information content (AvgIpc) is 2.46. The summed E-state index contributed by atoms with van der Waals surface area (Å²) in [6.45, 7) is 2.12. The van der Waals surface area contributed by atoms with Gasteiger partial charge in [-0.05, 0) is 38.3 Å². The number of benzene rings is 1. The summed E-state index contributed by atoms with van der Waals surface area (Å²) in [7, 11) is -3.63. The molecule has 0 saturated carbocycles. The lowest BCUT2D eigenvalue weighted by Gasteiger charge is -2.05. The van der Waals surface area contributed by atoms with Gasteiger partial charge in [0.15, 0.2) is 0 Å². The summed E-state index contributed by atoms with van der Waals surface area (Å²) < 4.78 is 28.8. The minimum absolute atomic E-state index is 0.203. The van der Waals surface area contributed by atoms with Crippen LogP contribution in [0.1, 0.15) is 37.7 Å². The van der Waals surface area contributed by atoms with Gasteiger partial charge >= 0.3 is 0 Å². The van der Waals surface area contributed by atoms with Gasteiger partial charge in [0.05, 0.1) is 17.6 Å². The second-order valence-electron chi connectivity index (χ2n) is 4.82. The average molecular weight is 307 g/mol. The van der Waals surface area contributed by atoms with Crippen LogP contribution in [0.5, 0.6) is 0 Å². The second-order valence-corrected chi connectivity index (χ2v) is 6.44. The molecule has 21 heavy (non-hydrogen) atoms. The Balaban J connectivity index is 2.21. The fraction of sp³-hybridized carbons (Fsp3) is 0.438. The Hall–Kier alpha value is -1.64. The van der Waals surface area contributed by atoms with E-state index >= 15 is 0 Å². The molecule has 0 N–H and O–H groups in total. The maximum absolute atomic E-state index is 11.9. The Labute approximate surface area is 127 Å². The van der Waals surface area contributed by atoms with Gasteiger partial charge in [-0.15, -0.1) is 0 Å². The van der Waals surface area contributed by atoms with Crippen molar-refractivity contribution >= 4 is 10.1 Å². The third-order valence-electron chi connectivity index (χ3n) is 3.01. The minimum Gasteiger partial charge on any atom is -0.266 e. The lowest BCUT2D eigenvalue weighted by molar-refractivity contribution is 0.306. The van der Waals surface area contributed by atoms with Crippen LogP contribution >= 0.6 is 0 Å². The molecule has 0 atom stereocenters. The standard InChI is InChI=1S/C16H21NO3S/c1-15-9-11-16(12-10-15)21(18,19)20-14-8-6-4-2-3-5-7-13-17/h5,7,9-12H,2-4,6,8,14H2,1H3/b7-5+. The highest BCUT2D eigenvalue weighted by molar-refractivity contribution is 7.86. The highest BCUT2D eigenvalue weighted by atomic mass is 32.2. The first-order valence-corrected chi connectivity index (χ1v) is 8.48. The number of nitriles is 1. The van der Waals surface area contributed by atoms with Gasteiger partial charge in [-0.3, -0.25) is 4.18 Å². The summed E-state index contributed by atoms with van der Waals surface area (Å²) in [6.07, 6.45) is 7.86. The molecule has 0 fully saturated rings. The van der Waals surface area contributed by atoms with E-state index in [1.807, 2.05) is 19.1 Å². The Morgan fingerprint density at radius 1 is 1.14 bits per heavy atom. The normalized spacial score (nSPS) is 11.6. The number of nitrogens with zero attached hydrogens (tertiary/aromatic N) is 1. The predicted molar refractivity (Wildman–Crippen MR) is 82.2 cm³/mol. The predicted octanol–water partition coefficient (Wildman–Crippen LogP) is 3.73. The molecule has 0 heterocycles. The topological polar surface area (TPSA) is 67.2 Å². The van der Waals surface area contributed by atoms with Gasteiger partial charge in [0.25, 0.3) is 10.1 Å². The number of rotatable bonds is 9. The van der Waals surface area contributed by atoms with Gasteiger partial charge in [0, 0.05) is 6.08 Å². The third-order valence-corrected chi connectivity index (χ3v) is 4.33. The van der Waals surface area contributed by atoms with Crippen molar-refractivity contribution in [3.05, 3.63) is 42.0 Å². The van der Waals surface area contributed by atoms with E-state index < -0.39 is 10.1 Å². The number of hydrogen-bond acceptors (Lipinski definition) is 4. The van der Waals surface area contributed by atoms with Crippen molar-refractivity contribution in [2.24, 2.45) is 0 Å². The van der Waals surface area contributed by atoms with E-state index in [4.69, 9.17) is 9.44 Å². The lowest BCUT2D eigenvalue weighted by atomic mass is 10.1. The molecule has 5 heteroatoms. The molecule has 0 aliphatic heterocycles. The van der Waals surface area contributed by atoms with Crippen LogP contribution in [0.4, 0.5) is 0 Å². The van der Waals surface area contributed by atoms with Gasteiger partial charge in [-0.25, -0.2) is 0 Å². The van der Waals surface area contributed by atoms with Crippen molar-refractivity contribution in [3.8, 4) is 6.07 Å². The molecule has 0 aliphatic rings. The Morgan fingerprint density at radius 3 is 2.48 bits per heavy atom. The Bertz CT molecular complexity index is 583. The molecule has 4 nitrogen and oxygen atoms in total. The van der Waals surface area contributed by atoms with Crippen LogP contribution in [0, 0.1) is 18.3 Å². The molecule has 0 radical (unpaired) electrons. The minimum atomic E-state index is -3.63. The Kier molecular flexibility index (Phi) is 7.73. The van der Waals surface area contributed by atoms with Crippen molar-refractivity contribution in [1.82, 2.24) is 0 Å². The van der Waals surface area contributed by atoms with Crippen LogP contribution in [0.2, 0.25) is 0 Å². The molecule has 1 aromatic carbocycles. The number of unbranched alkanes of at least 4 members (excludes halogenated alkanes) is 4. The van der Waals surface area contributed by atoms with Crippen molar-refractivity contribution < 1.29 is 12.6 Å². The summed E-state index contributed by atoms with van der Waals surface area (Å²) in [4.78, 5) is 0.203. The van der Waals surface area contributed by atoms with Crippen LogP contribution in [0.3, 0.4) is 0 Å². The molecule has 1 aromatic rings. The number of hydrogen-bond donors (Lipinski definition) is 0. The zero-order chi connectivity index (χ0) is 15.6. The number of aryl methyl sites for hydroxylation is 1. The molecule has 0 spiro atoms. The summed E-state index contributed by atoms with van der Waals surface area (Å²) in [6, 6.07) is 8.58. The molecule has 114 valence electrons. The van der Waals surface area contributed by atoms with Crippen LogP contribution in [-0.2, 0) is 14.3 Å². The van der Waals surface area contributed by atoms with Crippen molar-refractivity contribution in [2.75, 3.05) is 6.61 Å². The van der Waals surface area contributed by atoms with Crippen LogP contribution in [0.25, 0.3) is 0 Å². The van der Waals surface area contributed by atoms with Gasteiger partial charge in [0.2, 0.25) is 0 Å². The van der Waals surface area contributed by atoms with Gasteiger partial charge in [0.1, 0.15) is 0 Å². The summed E-state index contributed by atoms with van der Waals surface area (Å²) >= 11 is 0. The zero-order valence-electron chi connectivity index (χ0n) is 12.3. The first-order valence-electron chi connectivity index (χ1n) is 7.07. The smallest absolute Gasteiger partial charge is 0.266 e. The lowest BCUT2D eigenvalue weighted by Crippen LogP contribution is -2.07. The highest BCUT2D eigenvalue weighted by Gasteiger charge is 2.13. The van der Waals surface area contributed by atoms with E-state index in [9.17, 15) is 8.42 Å². The first kappa shape index (κ1) is 17.4. The van der Waals surface area contributed by atoms with Gasteiger partial charge in [-0.2, -0.15) is 13.7 Å². The highest BCUT2D eigenvalue weighted by Crippen LogP contribution is 2.14. The zero-order valence-corrected chi connectivity index (χ0v) is 13.1. The maximum Gasteiger partial charge on any atom is 0.296 e. The van der Waals surface area contributed by atoms with E-state index in [0.717, 1.165) is 31.2 Å². The van der Waals surface area contributed by atoms with Crippen LogP contribution in [-0.4, -0.2) is 15.0 Å². The quantitative estimate of drug-likeness (QED) is 0.396. The van der Waals surface area contributed by atoms with Crippen molar-refractivity contribution in [1.29, 1.82) is 5.26 Å². The molecular formula is C16H21NO3S. The molecule has 1 rings (SSSR count). The van der Waals surface area contributed by atoms with E-state index in [1.165, 1.54) is 6.08 Å². The second kappa shape index (κ2) is 9.32. The van der Waals surface area contributed by atoms with Gasteiger partial charge < -0.3 is 0 Å². The third kappa shape index (κ3) is 7.07. The molecule has 0 aliphatic carbocycles. The van der Waals surface area contributed by atoms with Crippen molar-refractivity contribution in [3.63, 3.8) is 0 Å². The van der Waals surface area contributed by atoms with Crippen molar-refractivity contribution in [2.45, 2.75) is 43.9 Å². The molecule has 0 unspecified atom stereocenters. The fourth-order valence-electron chi connectivity index (χ4n) is 1.80. The molecule has 0 amide bonds. The summed E-state index contributed by atoms with van der Waals surface area (Å²) in [5, 5.41) is 8.31. The molecule has 0 bridgehead atoms. The van der Waals surface area contributed by atoms with Crippen LogP contribution < -0.4 is 0 Å². The molecule has 0 saturated heterocycles. The van der Waals surface area contributed by atoms with Crippen LogP contribution in [0.15, 0.2) is 41.3 Å². The maximum atomic E-state index is 11.9. The summed E-state index contributed by atoms with van der Waals surface area (Å²) in [5.74, 6) is 0. The fourth-order valence-corrected chi connectivity index (χ4v) is 2.74. The SMILES string of the molecule is Cc1ccc(S(=O)(=O)OCCCCCC/C=C/C#N)cc1. The van der Waals surface area contributed by atoms with E-state index in [0.29, 0.717) is 6.42 Å². The molecular weight excluding hydrogens is 286 g/mol. The van der Waals surface area contributed by atoms with E-state index in [1.54, 1.807) is 24.3 Å². The van der Waals surface area contributed by atoms with E-state index in [2.05, 4.69) is 0 Å². The van der Waals surface area contributed by atoms with Gasteiger partial charge in [-0.1, -0.05) is 36.6 Å². The monoisotopic (exact) mass is 307 g/mol. The first-order chi connectivity index (χ1) is 10.1. The van der Waals surface area contributed by atoms with E-state index in [-0.39, 0.29) is 11.5 Å².